The average Bonchev–Trinajstić information content (AvgIpc) is 3.30. The first kappa shape index (κ1) is 20.2. The van der Waals surface area contributed by atoms with Crippen molar-refractivity contribution < 1.29 is 17.6 Å². The maximum absolute atomic E-state index is 13.0. The van der Waals surface area contributed by atoms with Gasteiger partial charge >= 0.3 is 0 Å². The van der Waals surface area contributed by atoms with E-state index in [1.165, 1.54) is 42.7 Å². The van der Waals surface area contributed by atoms with Crippen LogP contribution in [-0.4, -0.2) is 29.1 Å². The van der Waals surface area contributed by atoms with Gasteiger partial charge in [-0.3, -0.25) is 9.52 Å². The molecule has 0 spiro atoms. The second kappa shape index (κ2) is 8.36. The van der Waals surface area contributed by atoms with E-state index >= 15 is 0 Å². The van der Waals surface area contributed by atoms with Gasteiger partial charge in [0.2, 0.25) is 0 Å². The van der Waals surface area contributed by atoms with E-state index in [2.05, 4.69) is 20.1 Å². The lowest BCUT2D eigenvalue weighted by Crippen LogP contribution is -2.14. The van der Waals surface area contributed by atoms with E-state index in [1.54, 1.807) is 35.3 Å². The van der Waals surface area contributed by atoms with Crippen LogP contribution in [0.2, 0.25) is 0 Å². The minimum atomic E-state index is -3.86. The predicted octanol–water partition coefficient (Wildman–Crippen LogP) is 3.46. The third kappa shape index (κ3) is 4.75. The zero-order chi connectivity index (χ0) is 21.8. The van der Waals surface area contributed by atoms with Crippen LogP contribution in [0.15, 0.2) is 90.3 Å². The number of carbonyl (C=O) groups excluding carboxylic acids is 1. The van der Waals surface area contributed by atoms with Crippen molar-refractivity contribution in [2.24, 2.45) is 0 Å². The normalized spacial score (nSPS) is 11.1. The fraction of sp³-hybridized carbons (Fsp3) is 0. The molecular weight excluding hydrogens is 421 g/mol. The van der Waals surface area contributed by atoms with Crippen molar-refractivity contribution in [3.63, 3.8) is 0 Å². The number of benzene rings is 3. The lowest BCUT2D eigenvalue weighted by Gasteiger charge is -2.10. The highest BCUT2D eigenvalue weighted by Gasteiger charge is 2.14. The number of sulfonamides is 1. The first-order valence-electron chi connectivity index (χ1n) is 9.06. The van der Waals surface area contributed by atoms with Gasteiger partial charge in [0.15, 0.2) is 0 Å². The van der Waals surface area contributed by atoms with Gasteiger partial charge in [-0.25, -0.2) is 22.5 Å². The third-order valence-electron chi connectivity index (χ3n) is 4.33. The largest absolute Gasteiger partial charge is 0.322 e. The topological polar surface area (TPSA) is 106 Å². The zero-order valence-corrected chi connectivity index (χ0v) is 16.8. The lowest BCUT2D eigenvalue weighted by atomic mass is 10.2. The third-order valence-corrected chi connectivity index (χ3v) is 5.73. The summed E-state index contributed by atoms with van der Waals surface area (Å²) >= 11 is 0. The molecule has 1 aromatic heterocycles. The first-order valence-corrected chi connectivity index (χ1v) is 10.5. The summed E-state index contributed by atoms with van der Waals surface area (Å²) in [6.07, 6.45) is 3.00. The SMILES string of the molecule is O=C(Nc1ccc(-n2cncn2)cc1)c1ccc(NS(=O)(=O)c2ccc(F)cc2)cc1. The van der Waals surface area contributed by atoms with E-state index in [4.69, 9.17) is 0 Å². The average molecular weight is 437 g/mol. The molecule has 0 aliphatic rings. The van der Waals surface area contributed by atoms with Crippen LogP contribution >= 0.6 is 0 Å². The van der Waals surface area contributed by atoms with E-state index in [0.717, 1.165) is 17.8 Å². The van der Waals surface area contributed by atoms with Crippen molar-refractivity contribution in [1.29, 1.82) is 0 Å². The molecule has 156 valence electrons. The molecule has 1 heterocycles. The molecule has 0 bridgehead atoms. The van der Waals surface area contributed by atoms with Crippen molar-refractivity contribution in [3.8, 4) is 5.69 Å². The summed E-state index contributed by atoms with van der Waals surface area (Å²) < 4.78 is 41.7. The molecule has 0 unspecified atom stereocenters. The summed E-state index contributed by atoms with van der Waals surface area (Å²) in [5, 5.41) is 6.81. The minimum Gasteiger partial charge on any atom is -0.322 e. The fourth-order valence-corrected chi connectivity index (χ4v) is 3.82. The Morgan fingerprint density at radius 3 is 2.13 bits per heavy atom. The molecule has 0 aliphatic carbocycles. The molecule has 1 amide bonds. The van der Waals surface area contributed by atoms with Gasteiger partial charge in [0, 0.05) is 16.9 Å². The number of amides is 1. The zero-order valence-electron chi connectivity index (χ0n) is 15.9. The van der Waals surface area contributed by atoms with Gasteiger partial charge < -0.3 is 5.32 Å². The van der Waals surface area contributed by atoms with Crippen LogP contribution in [0.3, 0.4) is 0 Å². The summed E-state index contributed by atoms with van der Waals surface area (Å²) in [6, 6.07) is 17.5. The maximum Gasteiger partial charge on any atom is 0.261 e. The van der Waals surface area contributed by atoms with E-state index in [1.807, 2.05) is 0 Å². The summed E-state index contributed by atoms with van der Waals surface area (Å²) in [7, 11) is -3.86. The Morgan fingerprint density at radius 2 is 1.52 bits per heavy atom. The van der Waals surface area contributed by atoms with Crippen LogP contribution in [0, 0.1) is 5.82 Å². The van der Waals surface area contributed by atoms with E-state index in [9.17, 15) is 17.6 Å². The van der Waals surface area contributed by atoms with Gasteiger partial charge in [-0.1, -0.05) is 0 Å². The molecule has 0 saturated heterocycles. The van der Waals surface area contributed by atoms with Gasteiger partial charge in [-0.05, 0) is 72.8 Å². The van der Waals surface area contributed by atoms with Gasteiger partial charge in [-0.15, -0.1) is 0 Å². The number of nitrogens with one attached hydrogen (secondary N) is 2. The first-order chi connectivity index (χ1) is 14.9. The minimum absolute atomic E-state index is 0.0648. The molecule has 0 fully saturated rings. The molecule has 31 heavy (non-hydrogen) atoms. The molecule has 0 radical (unpaired) electrons. The molecule has 4 rings (SSSR count). The number of aromatic nitrogens is 3. The maximum atomic E-state index is 13.0. The number of hydrogen-bond donors (Lipinski definition) is 2. The molecule has 10 heteroatoms. The van der Waals surface area contributed by atoms with Crippen LogP contribution < -0.4 is 10.0 Å². The smallest absolute Gasteiger partial charge is 0.261 e. The Bertz CT molecular complexity index is 1290. The van der Waals surface area contributed by atoms with Crippen molar-refractivity contribution >= 4 is 27.3 Å². The Kier molecular flexibility index (Phi) is 5.46. The summed E-state index contributed by atoms with van der Waals surface area (Å²) in [5.41, 5.74) is 2.02. The van der Waals surface area contributed by atoms with Crippen molar-refractivity contribution in [1.82, 2.24) is 14.8 Å². The van der Waals surface area contributed by atoms with E-state index in [0.29, 0.717) is 11.3 Å². The molecule has 2 N–H and O–H groups in total. The van der Waals surface area contributed by atoms with Crippen molar-refractivity contribution in [2.75, 3.05) is 10.0 Å². The molecular formula is C21H16FN5O3S. The van der Waals surface area contributed by atoms with Crippen LogP contribution in [-0.2, 0) is 10.0 Å². The summed E-state index contributed by atoms with van der Waals surface area (Å²) in [6.45, 7) is 0. The molecule has 0 aliphatic heterocycles. The molecule has 8 nitrogen and oxygen atoms in total. The number of carbonyl (C=O) groups is 1. The van der Waals surface area contributed by atoms with Crippen LogP contribution in [0.4, 0.5) is 15.8 Å². The Hall–Kier alpha value is -4.05. The van der Waals surface area contributed by atoms with Crippen LogP contribution in [0.5, 0.6) is 0 Å². The quantitative estimate of drug-likeness (QED) is 0.481. The Balaban J connectivity index is 1.41. The monoisotopic (exact) mass is 437 g/mol. The second-order valence-corrected chi connectivity index (χ2v) is 8.16. The fourth-order valence-electron chi connectivity index (χ4n) is 2.76. The van der Waals surface area contributed by atoms with Gasteiger partial charge in [0.05, 0.1) is 10.6 Å². The second-order valence-electron chi connectivity index (χ2n) is 6.48. The highest BCUT2D eigenvalue weighted by molar-refractivity contribution is 7.92. The van der Waals surface area contributed by atoms with Gasteiger partial charge in [-0.2, -0.15) is 5.10 Å². The van der Waals surface area contributed by atoms with E-state index < -0.39 is 15.8 Å². The van der Waals surface area contributed by atoms with Crippen LogP contribution in [0.25, 0.3) is 5.69 Å². The number of halogens is 1. The standard InChI is InChI=1S/C21H16FN5O3S/c22-16-3-11-20(12-4-16)31(29,30)26-18-5-1-15(2-6-18)21(28)25-17-7-9-19(10-8-17)27-14-23-13-24-27/h1-14,26H,(H,25,28). The summed E-state index contributed by atoms with van der Waals surface area (Å²) in [5.74, 6) is -0.871. The van der Waals surface area contributed by atoms with Gasteiger partial charge in [0.25, 0.3) is 15.9 Å². The van der Waals surface area contributed by atoms with E-state index in [-0.39, 0.29) is 16.5 Å². The Labute approximate surface area is 177 Å². The van der Waals surface area contributed by atoms with Crippen molar-refractivity contribution in [3.05, 3.63) is 96.8 Å². The molecule has 4 aromatic rings. The highest BCUT2D eigenvalue weighted by Crippen LogP contribution is 2.18. The van der Waals surface area contributed by atoms with Crippen LogP contribution in [0.1, 0.15) is 10.4 Å². The molecule has 3 aromatic carbocycles. The highest BCUT2D eigenvalue weighted by atomic mass is 32.2. The Morgan fingerprint density at radius 1 is 0.871 bits per heavy atom. The lowest BCUT2D eigenvalue weighted by molar-refractivity contribution is 0.102. The van der Waals surface area contributed by atoms with Gasteiger partial charge in [0.1, 0.15) is 18.5 Å². The molecule has 0 atom stereocenters. The van der Waals surface area contributed by atoms with Crippen molar-refractivity contribution in [2.45, 2.75) is 4.90 Å². The number of nitrogens with zero attached hydrogens (tertiary/aromatic N) is 3. The predicted molar refractivity (Wildman–Crippen MR) is 113 cm³/mol. The number of anilines is 2. The number of hydrogen-bond acceptors (Lipinski definition) is 5. The molecule has 0 saturated carbocycles. The number of rotatable bonds is 6. The summed E-state index contributed by atoms with van der Waals surface area (Å²) in [4.78, 5) is 16.3.